The lowest BCUT2D eigenvalue weighted by Gasteiger charge is -2.27. The van der Waals surface area contributed by atoms with Crippen LogP contribution in [0.4, 0.5) is 18.9 Å². The van der Waals surface area contributed by atoms with Gasteiger partial charge in [0.25, 0.3) is 5.69 Å². The Morgan fingerprint density at radius 3 is 2.30 bits per heavy atom. The highest BCUT2D eigenvalue weighted by atomic mass is 19.4. The summed E-state index contributed by atoms with van der Waals surface area (Å²) in [5.41, 5.74) is -1.72. The van der Waals surface area contributed by atoms with Crippen molar-refractivity contribution in [3.05, 3.63) is 33.9 Å². The zero-order chi connectivity index (χ0) is 15.3. The summed E-state index contributed by atoms with van der Waals surface area (Å²) in [6.07, 6.45) is -4.88. The Balaban J connectivity index is 0.000000956. The van der Waals surface area contributed by atoms with E-state index in [2.05, 4.69) is 5.32 Å². The Hall–Kier alpha value is -1.83. The fourth-order valence-corrected chi connectivity index (χ4v) is 1.46. The highest BCUT2D eigenvalue weighted by Crippen LogP contribution is 2.35. The van der Waals surface area contributed by atoms with Crippen LogP contribution in [0.1, 0.15) is 19.4 Å². The SMILES string of the molecule is CC.O=[N+]([O-])c1cc(OC2CNC2)cc(C(F)(F)F)c1. The van der Waals surface area contributed by atoms with Crippen LogP contribution in [0.3, 0.4) is 0 Å². The Kier molecular flexibility index (Phi) is 5.32. The fraction of sp³-hybridized carbons (Fsp3) is 0.500. The number of nitro benzene ring substituents is 1. The van der Waals surface area contributed by atoms with E-state index in [0.717, 1.165) is 12.1 Å². The number of hydrogen-bond acceptors (Lipinski definition) is 4. The van der Waals surface area contributed by atoms with Crippen LogP contribution < -0.4 is 10.1 Å². The van der Waals surface area contributed by atoms with Crippen LogP contribution in [-0.2, 0) is 6.18 Å². The van der Waals surface area contributed by atoms with Crippen LogP contribution in [0.25, 0.3) is 0 Å². The molecule has 1 aliphatic heterocycles. The van der Waals surface area contributed by atoms with Gasteiger partial charge in [0.05, 0.1) is 16.6 Å². The number of non-ortho nitro benzene ring substituents is 1. The average Bonchev–Trinajstić information content (AvgIpc) is 2.35. The quantitative estimate of drug-likeness (QED) is 0.687. The minimum absolute atomic E-state index is 0.136. The van der Waals surface area contributed by atoms with Crippen molar-refractivity contribution in [2.75, 3.05) is 13.1 Å². The highest BCUT2D eigenvalue weighted by molar-refractivity contribution is 5.44. The van der Waals surface area contributed by atoms with E-state index >= 15 is 0 Å². The van der Waals surface area contributed by atoms with Gasteiger partial charge in [-0.2, -0.15) is 13.2 Å². The number of nitrogens with zero attached hydrogens (tertiary/aromatic N) is 1. The van der Waals surface area contributed by atoms with Crippen molar-refractivity contribution in [2.45, 2.75) is 26.1 Å². The van der Waals surface area contributed by atoms with Crippen LogP contribution in [0, 0.1) is 10.1 Å². The molecule has 0 unspecified atom stereocenters. The maximum atomic E-state index is 12.6. The second kappa shape index (κ2) is 6.56. The van der Waals surface area contributed by atoms with Crippen LogP contribution in [0.2, 0.25) is 0 Å². The molecule has 2 rings (SSSR count). The van der Waals surface area contributed by atoms with Gasteiger partial charge in [-0.1, -0.05) is 13.8 Å². The van der Waals surface area contributed by atoms with Gasteiger partial charge in [0.2, 0.25) is 0 Å². The molecule has 0 amide bonds. The summed E-state index contributed by atoms with van der Waals surface area (Å²) in [4.78, 5) is 9.70. The smallest absolute Gasteiger partial charge is 0.416 e. The van der Waals surface area contributed by atoms with E-state index in [-0.39, 0.29) is 11.9 Å². The highest BCUT2D eigenvalue weighted by Gasteiger charge is 2.33. The maximum absolute atomic E-state index is 12.6. The first kappa shape index (κ1) is 16.2. The molecule has 1 heterocycles. The molecule has 0 bridgehead atoms. The van der Waals surface area contributed by atoms with Gasteiger partial charge in [-0.05, 0) is 6.07 Å². The van der Waals surface area contributed by atoms with Gasteiger partial charge in [-0.15, -0.1) is 0 Å². The van der Waals surface area contributed by atoms with Crippen molar-refractivity contribution in [2.24, 2.45) is 0 Å². The molecule has 0 aliphatic carbocycles. The van der Waals surface area contributed by atoms with Crippen molar-refractivity contribution in [3.8, 4) is 5.75 Å². The minimum Gasteiger partial charge on any atom is -0.487 e. The summed E-state index contributed by atoms with van der Waals surface area (Å²) in [6.45, 7) is 5.04. The van der Waals surface area contributed by atoms with Gasteiger partial charge >= 0.3 is 6.18 Å². The summed E-state index contributed by atoms with van der Waals surface area (Å²) < 4.78 is 42.9. The van der Waals surface area contributed by atoms with Gasteiger partial charge in [0, 0.05) is 19.2 Å². The summed E-state index contributed by atoms with van der Waals surface area (Å²) in [6, 6.07) is 2.25. The zero-order valence-electron chi connectivity index (χ0n) is 11.0. The monoisotopic (exact) mass is 292 g/mol. The average molecular weight is 292 g/mol. The summed E-state index contributed by atoms with van der Waals surface area (Å²) in [5, 5.41) is 13.5. The van der Waals surface area contributed by atoms with Gasteiger partial charge in [0.1, 0.15) is 11.9 Å². The van der Waals surface area contributed by atoms with Gasteiger partial charge < -0.3 is 10.1 Å². The van der Waals surface area contributed by atoms with Crippen molar-refractivity contribution in [1.29, 1.82) is 0 Å². The van der Waals surface area contributed by atoms with Crippen molar-refractivity contribution >= 4 is 5.69 Å². The van der Waals surface area contributed by atoms with Crippen molar-refractivity contribution < 1.29 is 22.8 Å². The first-order valence-electron chi connectivity index (χ1n) is 6.10. The molecule has 1 aromatic rings. The largest absolute Gasteiger partial charge is 0.487 e. The Morgan fingerprint density at radius 1 is 1.30 bits per heavy atom. The molecule has 1 aliphatic rings. The number of nitrogens with one attached hydrogen (secondary N) is 1. The molecule has 20 heavy (non-hydrogen) atoms. The molecule has 0 radical (unpaired) electrons. The number of alkyl halides is 3. The van der Waals surface area contributed by atoms with Crippen LogP contribution in [0.5, 0.6) is 5.75 Å². The molecule has 112 valence electrons. The Labute approximate surface area is 113 Å². The van der Waals surface area contributed by atoms with E-state index in [9.17, 15) is 23.3 Å². The van der Waals surface area contributed by atoms with Crippen molar-refractivity contribution in [3.63, 3.8) is 0 Å². The summed E-state index contributed by atoms with van der Waals surface area (Å²) >= 11 is 0. The number of ether oxygens (including phenoxy) is 1. The van der Waals surface area contributed by atoms with Crippen LogP contribution in [0.15, 0.2) is 18.2 Å². The first-order chi connectivity index (χ1) is 9.36. The van der Waals surface area contributed by atoms with Crippen LogP contribution in [-0.4, -0.2) is 24.1 Å². The van der Waals surface area contributed by atoms with E-state index in [1.54, 1.807) is 0 Å². The Morgan fingerprint density at radius 2 is 1.90 bits per heavy atom. The molecular formula is C12H15F3N2O3. The van der Waals surface area contributed by atoms with Crippen LogP contribution >= 0.6 is 0 Å². The number of rotatable bonds is 3. The number of nitro groups is 1. The predicted octanol–water partition coefficient (Wildman–Crippen LogP) is 2.99. The molecule has 0 spiro atoms. The Bertz CT molecular complexity index is 474. The molecule has 5 nitrogen and oxygen atoms in total. The third-order valence-corrected chi connectivity index (χ3v) is 2.48. The standard InChI is InChI=1S/C10H9F3N2O3.C2H6/c11-10(12,13)6-1-7(15(16)17)3-8(2-6)18-9-4-14-5-9;1-2/h1-3,9,14H,4-5H2;1-2H3. The minimum atomic E-state index is -4.64. The topological polar surface area (TPSA) is 64.4 Å². The molecule has 8 heteroatoms. The van der Waals surface area contributed by atoms with E-state index in [4.69, 9.17) is 4.74 Å². The third kappa shape index (κ3) is 4.09. The molecule has 1 saturated heterocycles. The zero-order valence-corrected chi connectivity index (χ0v) is 11.0. The fourth-order valence-electron chi connectivity index (χ4n) is 1.46. The number of hydrogen-bond donors (Lipinski definition) is 1. The predicted molar refractivity (Wildman–Crippen MR) is 66.7 cm³/mol. The number of benzene rings is 1. The van der Waals surface area contributed by atoms with E-state index < -0.39 is 22.4 Å². The summed E-state index contributed by atoms with van der Waals surface area (Å²) in [7, 11) is 0. The summed E-state index contributed by atoms with van der Waals surface area (Å²) in [5.74, 6) is -0.136. The van der Waals surface area contributed by atoms with Gasteiger partial charge in [0.15, 0.2) is 0 Å². The molecule has 0 saturated carbocycles. The second-order valence-corrected chi connectivity index (χ2v) is 3.87. The molecule has 0 atom stereocenters. The second-order valence-electron chi connectivity index (χ2n) is 3.87. The van der Waals surface area contributed by atoms with Gasteiger partial charge in [-0.3, -0.25) is 10.1 Å². The molecule has 1 fully saturated rings. The van der Waals surface area contributed by atoms with E-state index in [1.165, 1.54) is 0 Å². The number of halogens is 3. The molecule has 1 aromatic carbocycles. The van der Waals surface area contributed by atoms with E-state index in [1.807, 2.05) is 13.8 Å². The molecule has 0 aromatic heterocycles. The lowest BCUT2D eigenvalue weighted by atomic mass is 10.1. The van der Waals surface area contributed by atoms with Gasteiger partial charge in [-0.25, -0.2) is 0 Å². The first-order valence-corrected chi connectivity index (χ1v) is 6.10. The molecule has 1 N–H and O–H groups in total. The lowest BCUT2D eigenvalue weighted by Crippen LogP contribution is -2.50. The van der Waals surface area contributed by atoms with E-state index in [0.29, 0.717) is 19.2 Å². The third-order valence-electron chi connectivity index (χ3n) is 2.48. The normalized spacial score (nSPS) is 14.8. The lowest BCUT2D eigenvalue weighted by molar-refractivity contribution is -0.385. The molecular weight excluding hydrogens is 277 g/mol. The maximum Gasteiger partial charge on any atom is 0.416 e. The van der Waals surface area contributed by atoms with Crippen molar-refractivity contribution in [1.82, 2.24) is 5.32 Å².